The van der Waals surface area contributed by atoms with Gasteiger partial charge in [-0.3, -0.25) is 9.69 Å². The number of nitrogens with zero attached hydrogens (tertiary/aromatic N) is 2. The maximum Gasteiger partial charge on any atom is 0.236 e. The second kappa shape index (κ2) is 9.71. The Morgan fingerprint density at radius 1 is 0.957 bits per heavy atom. The summed E-state index contributed by atoms with van der Waals surface area (Å²) < 4.78 is 0. The lowest BCUT2D eigenvalue weighted by Crippen LogP contribution is -2.39. The molecule has 1 fully saturated rings. The first-order valence-corrected chi connectivity index (χ1v) is 9.23. The first-order valence-electron chi connectivity index (χ1n) is 9.23. The molecule has 0 aromatic heterocycles. The van der Waals surface area contributed by atoms with Crippen molar-refractivity contribution in [2.45, 2.75) is 58.4 Å². The van der Waals surface area contributed by atoms with Gasteiger partial charge >= 0.3 is 0 Å². The quantitative estimate of drug-likeness (QED) is 0.823. The molecule has 0 radical (unpaired) electrons. The molecule has 1 saturated heterocycles. The highest BCUT2D eigenvalue weighted by molar-refractivity contribution is 5.78. The van der Waals surface area contributed by atoms with Crippen LogP contribution in [0, 0.1) is 0 Å². The summed E-state index contributed by atoms with van der Waals surface area (Å²) in [6, 6.07) is 8.61. The van der Waals surface area contributed by atoms with Crippen molar-refractivity contribution in [2.75, 3.05) is 26.7 Å². The van der Waals surface area contributed by atoms with Crippen LogP contribution in [0.3, 0.4) is 0 Å². The molecular weight excluding hydrogens is 284 g/mol. The Morgan fingerprint density at radius 2 is 1.48 bits per heavy atom. The van der Waals surface area contributed by atoms with Gasteiger partial charge in [-0.25, -0.2) is 0 Å². The molecule has 128 valence electrons. The van der Waals surface area contributed by atoms with Gasteiger partial charge in [0.15, 0.2) is 0 Å². The molecule has 1 aromatic carbocycles. The zero-order valence-electron chi connectivity index (χ0n) is 14.9. The van der Waals surface area contributed by atoms with Gasteiger partial charge in [0.1, 0.15) is 0 Å². The van der Waals surface area contributed by atoms with E-state index in [9.17, 15) is 4.79 Å². The van der Waals surface area contributed by atoms with E-state index in [2.05, 4.69) is 36.1 Å². The van der Waals surface area contributed by atoms with Gasteiger partial charge in [-0.05, 0) is 43.5 Å². The number of hydrogen-bond acceptors (Lipinski definition) is 2. The van der Waals surface area contributed by atoms with Gasteiger partial charge in [0.2, 0.25) is 5.91 Å². The number of carbonyl (C=O) groups excluding carboxylic acids is 1. The summed E-state index contributed by atoms with van der Waals surface area (Å²) in [6.07, 6.45) is 8.86. The fourth-order valence-corrected chi connectivity index (χ4v) is 3.20. The van der Waals surface area contributed by atoms with E-state index in [1.165, 1.54) is 49.7 Å². The molecule has 0 atom stereocenters. The second-order valence-corrected chi connectivity index (χ2v) is 6.82. The number of likely N-dealkylation sites (N-methyl/N-ethyl adjacent to an activating group) is 1. The first-order chi connectivity index (χ1) is 11.2. The fraction of sp³-hybridized carbons (Fsp3) is 0.650. The molecular formula is C20H32N2O. The largest absolute Gasteiger partial charge is 0.340 e. The summed E-state index contributed by atoms with van der Waals surface area (Å²) >= 11 is 0. The normalized spacial score (nSPS) is 17.1. The van der Waals surface area contributed by atoms with Crippen molar-refractivity contribution in [3.05, 3.63) is 35.4 Å². The number of hydrogen-bond donors (Lipinski definition) is 0. The summed E-state index contributed by atoms with van der Waals surface area (Å²) in [5.41, 5.74) is 2.56. The zero-order valence-corrected chi connectivity index (χ0v) is 14.9. The summed E-state index contributed by atoms with van der Waals surface area (Å²) in [5, 5.41) is 0. The number of aryl methyl sites for hydroxylation is 1. The molecule has 2 rings (SSSR count). The van der Waals surface area contributed by atoms with E-state index in [4.69, 9.17) is 0 Å². The summed E-state index contributed by atoms with van der Waals surface area (Å²) in [4.78, 5) is 16.7. The number of carbonyl (C=O) groups is 1. The zero-order chi connectivity index (χ0) is 16.5. The van der Waals surface area contributed by atoms with Crippen molar-refractivity contribution in [3.8, 4) is 0 Å². The van der Waals surface area contributed by atoms with Crippen LogP contribution in [0.2, 0.25) is 0 Å². The highest BCUT2D eigenvalue weighted by Gasteiger charge is 2.15. The average molecular weight is 316 g/mol. The van der Waals surface area contributed by atoms with E-state index in [0.717, 1.165) is 19.5 Å². The molecule has 1 amide bonds. The van der Waals surface area contributed by atoms with Crippen LogP contribution in [-0.4, -0.2) is 42.4 Å². The molecule has 1 aliphatic rings. The first kappa shape index (κ1) is 18.0. The van der Waals surface area contributed by atoms with Gasteiger partial charge in [0.05, 0.1) is 6.54 Å². The second-order valence-electron chi connectivity index (χ2n) is 6.82. The fourth-order valence-electron chi connectivity index (χ4n) is 3.20. The molecule has 1 aromatic rings. The summed E-state index contributed by atoms with van der Waals surface area (Å²) in [6.45, 7) is 5.59. The Kier molecular flexibility index (Phi) is 7.60. The van der Waals surface area contributed by atoms with Crippen LogP contribution in [0.1, 0.15) is 56.6 Å². The number of rotatable bonds is 5. The molecule has 1 aliphatic heterocycles. The van der Waals surface area contributed by atoms with Crippen molar-refractivity contribution in [1.29, 1.82) is 0 Å². The van der Waals surface area contributed by atoms with Crippen molar-refractivity contribution in [2.24, 2.45) is 0 Å². The van der Waals surface area contributed by atoms with E-state index in [0.29, 0.717) is 13.1 Å². The topological polar surface area (TPSA) is 23.6 Å². The molecule has 0 N–H and O–H groups in total. The van der Waals surface area contributed by atoms with Crippen LogP contribution in [0.15, 0.2) is 24.3 Å². The Labute approximate surface area is 141 Å². The van der Waals surface area contributed by atoms with Crippen LogP contribution in [-0.2, 0) is 17.8 Å². The van der Waals surface area contributed by atoms with Crippen molar-refractivity contribution >= 4 is 5.91 Å². The van der Waals surface area contributed by atoms with E-state index in [1.54, 1.807) is 0 Å². The highest BCUT2D eigenvalue weighted by atomic mass is 16.2. The van der Waals surface area contributed by atoms with Gasteiger partial charge in [0, 0.05) is 13.6 Å². The minimum atomic E-state index is 0.240. The molecule has 0 aliphatic carbocycles. The molecule has 0 bridgehead atoms. The van der Waals surface area contributed by atoms with Gasteiger partial charge in [-0.15, -0.1) is 0 Å². The van der Waals surface area contributed by atoms with E-state index >= 15 is 0 Å². The van der Waals surface area contributed by atoms with Gasteiger partial charge < -0.3 is 4.90 Å². The summed E-state index contributed by atoms with van der Waals surface area (Å²) in [7, 11) is 1.92. The van der Waals surface area contributed by atoms with Gasteiger partial charge in [-0.1, -0.05) is 56.9 Å². The number of benzene rings is 1. The maximum atomic E-state index is 12.5. The monoisotopic (exact) mass is 316 g/mol. The predicted octanol–water partition coefficient (Wildman–Crippen LogP) is 3.86. The van der Waals surface area contributed by atoms with E-state index < -0.39 is 0 Å². The van der Waals surface area contributed by atoms with Crippen LogP contribution in [0.25, 0.3) is 0 Å². The maximum absolute atomic E-state index is 12.5. The molecule has 3 heteroatoms. The lowest BCUT2D eigenvalue weighted by molar-refractivity contribution is -0.131. The van der Waals surface area contributed by atoms with Crippen molar-refractivity contribution < 1.29 is 4.79 Å². The average Bonchev–Trinajstić information content (AvgIpc) is 2.69. The third-order valence-corrected chi connectivity index (χ3v) is 4.83. The Hall–Kier alpha value is -1.35. The Bertz CT molecular complexity index is 459. The third-order valence-electron chi connectivity index (χ3n) is 4.83. The molecule has 3 nitrogen and oxygen atoms in total. The lowest BCUT2D eigenvalue weighted by atomic mass is 10.1. The number of amides is 1. The van der Waals surface area contributed by atoms with Crippen LogP contribution < -0.4 is 0 Å². The highest BCUT2D eigenvalue weighted by Crippen LogP contribution is 2.12. The van der Waals surface area contributed by atoms with Gasteiger partial charge in [-0.2, -0.15) is 0 Å². The van der Waals surface area contributed by atoms with Crippen LogP contribution in [0.4, 0.5) is 0 Å². The SMILES string of the molecule is CCc1ccc(CN(C)C(=O)CN2CCCCCCCC2)cc1. The Morgan fingerprint density at radius 3 is 2.04 bits per heavy atom. The van der Waals surface area contributed by atoms with Gasteiger partial charge in [0.25, 0.3) is 0 Å². The van der Waals surface area contributed by atoms with Crippen LogP contribution in [0.5, 0.6) is 0 Å². The molecule has 0 spiro atoms. The van der Waals surface area contributed by atoms with E-state index in [1.807, 2.05) is 11.9 Å². The smallest absolute Gasteiger partial charge is 0.236 e. The van der Waals surface area contributed by atoms with Crippen molar-refractivity contribution in [3.63, 3.8) is 0 Å². The predicted molar refractivity (Wildman–Crippen MR) is 96.4 cm³/mol. The Balaban J connectivity index is 1.82. The minimum Gasteiger partial charge on any atom is -0.340 e. The van der Waals surface area contributed by atoms with Crippen LogP contribution >= 0.6 is 0 Å². The molecule has 0 unspecified atom stereocenters. The third kappa shape index (κ3) is 6.34. The molecule has 23 heavy (non-hydrogen) atoms. The minimum absolute atomic E-state index is 0.240. The molecule has 0 saturated carbocycles. The lowest BCUT2D eigenvalue weighted by Gasteiger charge is -2.25. The summed E-state index contributed by atoms with van der Waals surface area (Å²) in [5.74, 6) is 0.240. The van der Waals surface area contributed by atoms with E-state index in [-0.39, 0.29) is 5.91 Å². The van der Waals surface area contributed by atoms with Crippen molar-refractivity contribution in [1.82, 2.24) is 9.80 Å². The molecule has 1 heterocycles. The standard InChI is InChI=1S/C20H32N2O/c1-3-18-10-12-19(13-11-18)16-21(2)20(23)17-22-14-8-6-4-5-7-9-15-22/h10-13H,3-9,14-17H2,1-2H3.